The Morgan fingerprint density at radius 3 is 0.897 bits per heavy atom. The molecule has 87 heavy (non-hydrogen) atoms. The number of anilines is 4. The highest BCUT2D eigenvalue weighted by Crippen LogP contribution is 2.53. The van der Waals surface area contributed by atoms with E-state index in [1.54, 1.807) is 0 Å². The maximum absolute atomic E-state index is 6.46. The number of fused-ring (bicyclic) bond motifs is 6. The molecule has 0 atom stereocenters. The van der Waals surface area contributed by atoms with Gasteiger partial charge in [-0.15, -0.1) is 0 Å². The van der Waals surface area contributed by atoms with Gasteiger partial charge >= 0.3 is 0 Å². The Labute approximate surface area is 520 Å². The minimum atomic E-state index is -0.239. The molecule has 0 saturated heterocycles. The summed E-state index contributed by atoms with van der Waals surface area (Å²) in [6.45, 7) is 13.6. The van der Waals surface area contributed by atoms with Crippen molar-refractivity contribution in [2.75, 3.05) is 10.6 Å². The summed E-state index contributed by atoms with van der Waals surface area (Å²) in [4.78, 5) is 2.36. The third-order valence-corrected chi connectivity index (χ3v) is 17.9. The van der Waals surface area contributed by atoms with Crippen molar-refractivity contribution >= 4 is 38.7 Å². The molecule has 3 aliphatic rings. The monoisotopic (exact) mass is 1190 g/mol. The summed E-state index contributed by atoms with van der Waals surface area (Å²) in [5.74, 6) is 5.55. The summed E-state index contributed by atoms with van der Waals surface area (Å²) in [6.07, 6.45) is 0. The van der Waals surface area contributed by atoms with Crippen LogP contribution in [0.5, 0.6) is 34.5 Å². The normalized spacial score (nSPS) is 13.8. The molecular formula is C81H67BrN2O3. The molecule has 0 radical (unpaired) electrons. The quantitative estimate of drug-likeness (QED) is 0.161. The van der Waals surface area contributed by atoms with Crippen LogP contribution in [0.1, 0.15) is 74.9 Å². The number of hydrogen-bond donors (Lipinski definition) is 1. The van der Waals surface area contributed by atoms with E-state index in [-0.39, 0.29) is 16.2 Å². The standard InChI is InChI=1S/C48H39NO2.C18H15N.C15H13BrO/c1-47(2)39-14-8-10-16-43(39)50-45-28-26-37(30-41(45)47)49(38-27-29-46-42(31-38)48(3,4)40-15-9-11-17-44(40)51-46)36-24-22-35(23-25-36)34-20-18-33(19-21-34)32-12-6-5-7-13-32;19-18-12-10-17(11-13-18)16-8-6-15(7-9-16)14-4-2-1-3-5-14;1-15(2)11-5-3-4-6-13(11)17-14-8-7-10(16)9-12(14)15/h5-31H,1-4H3;1-13H,19H2;3-9H,1-2H3. The van der Waals surface area contributed by atoms with Gasteiger partial charge in [0.1, 0.15) is 34.5 Å². The average Bonchev–Trinajstić information content (AvgIpc) is 1.09. The van der Waals surface area contributed by atoms with E-state index in [1.807, 2.05) is 66.7 Å². The molecule has 12 aromatic rings. The smallest absolute Gasteiger partial charge is 0.131 e. The number of rotatable bonds is 7. The van der Waals surface area contributed by atoms with Gasteiger partial charge in [-0.2, -0.15) is 0 Å². The zero-order valence-corrected chi connectivity index (χ0v) is 51.3. The number of ether oxygens (including phenoxy) is 3. The van der Waals surface area contributed by atoms with Crippen LogP contribution in [-0.4, -0.2) is 0 Å². The van der Waals surface area contributed by atoms with Gasteiger partial charge in [-0.25, -0.2) is 0 Å². The number of nitrogens with zero attached hydrogens (tertiary/aromatic N) is 1. The zero-order valence-electron chi connectivity index (χ0n) is 49.8. The van der Waals surface area contributed by atoms with Crippen molar-refractivity contribution in [1.82, 2.24) is 0 Å². The summed E-state index contributed by atoms with van der Waals surface area (Å²) in [5, 5.41) is 0. The summed E-state index contributed by atoms with van der Waals surface area (Å²) >= 11 is 3.53. The predicted octanol–water partition coefficient (Wildman–Crippen LogP) is 22.8. The van der Waals surface area contributed by atoms with Crippen molar-refractivity contribution in [2.24, 2.45) is 0 Å². The zero-order chi connectivity index (χ0) is 59.9. The molecule has 0 fully saturated rings. The molecule has 6 heteroatoms. The first-order valence-electron chi connectivity index (χ1n) is 29.7. The van der Waals surface area contributed by atoms with Gasteiger partial charge in [-0.3, -0.25) is 0 Å². The molecule has 5 nitrogen and oxygen atoms in total. The van der Waals surface area contributed by atoms with Crippen LogP contribution < -0.4 is 24.8 Å². The fourth-order valence-corrected chi connectivity index (χ4v) is 12.8. The maximum Gasteiger partial charge on any atom is 0.131 e. The number of para-hydroxylation sites is 3. The number of hydrogen-bond acceptors (Lipinski definition) is 5. The largest absolute Gasteiger partial charge is 0.457 e. The fourth-order valence-electron chi connectivity index (χ4n) is 12.5. The predicted molar refractivity (Wildman–Crippen MR) is 364 cm³/mol. The lowest BCUT2D eigenvalue weighted by Crippen LogP contribution is -2.25. The summed E-state index contributed by atoms with van der Waals surface area (Å²) in [5.41, 5.74) is 26.1. The molecule has 0 aromatic heterocycles. The molecule has 12 aromatic carbocycles. The van der Waals surface area contributed by atoms with Crippen LogP contribution in [0.2, 0.25) is 0 Å². The lowest BCUT2D eigenvalue weighted by atomic mass is 9.75. The molecule has 0 spiro atoms. The Hall–Kier alpha value is -9.88. The Balaban J connectivity index is 0.000000157. The van der Waals surface area contributed by atoms with E-state index in [4.69, 9.17) is 19.9 Å². The van der Waals surface area contributed by atoms with Gasteiger partial charge in [-0.1, -0.05) is 246 Å². The second-order valence-corrected chi connectivity index (χ2v) is 25.0. The fraction of sp³-hybridized carbons (Fsp3) is 0.111. The van der Waals surface area contributed by atoms with Gasteiger partial charge < -0.3 is 24.8 Å². The van der Waals surface area contributed by atoms with Gasteiger partial charge in [0.05, 0.1) is 0 Å². The minimum Gasteiger partial charge on any atom is -0.457 e. The molecule has 0 bridgehead atoms. The highest BCUT2D eigenvalue weighted by molar-refractivity contribution is 9.10. The van der Waals surface area contributed by atoms with Gasteiger partial charge in [0.2, 0.25) is 0 Å². The number of benzene rings is 12. The molecule has 426 valence electrons. The lowest BCUT2D eigenvalue weighted by Gasteiger charge is -2.37. The van der Waals surface area contributed by atoms with Crippen molar-refractivity contribution in [2.45, 2.75) is 57.8 Å². The Kier molecular flexibility index (Phi) is 15.0. The molecule has 0 amide bonds. The molecule has 0 unspecified atom stereocenters. The van der Waals surface area contributed by atoms with E-state index < -0.39 is 0 Å². The minimum absolute atomic E-state index is 0.0199. The molecule has 3 aliphatic heterocycles. The Morgan fingerprint density at radius 1 is 0.264 bits per heavy atom. The highest BCUT2D eigenvalue weighted by atomic mass is 79.9. The number of nitrogens with two attached hydrogens (primary N) is 1. The van der Waals surface area contributed by atoms with Crippen LogP contribution in [0.25, 0.3) is 44.5 Å². The van der Waals surface area contributed by atoms with Crippen molar-refractivity contribution in [3.63, 3.8) is 0 Å². The molecule has 3 heterocycles. The third kappa shape index (κ3) is 11.1. The highest BCUT2D eigenvalue weighted by Gasteiger charge is 2.38. The van der Waals surface area contributed by atoms with Crippen LogP contribution in [0, 0.1) is 0 Å². The van der Waals surface area contributed by atoms with Gasteiger partial charge in [-0.05, 0) is 142 Å². The first-order chi connectivity index (χ1) is 42.2. The Morgan fingerprint density at radius 2 is 0.529 bits per heavy atom. The van der Waals surface area contributed by atoms with Crippen LogP contribution >= 0.6 is 15.9 Å². The molecule has 0 aliphatic carbocycles. The van der Waals surface area contributed by atoms with Crippen molar-refractivity contribution in [3.05, 3.63) is 323 Å². The summed E-state index contributed by atoms with van der Waals surface area (Å²) in [6, 6.07) is 99.6. The summed E-state index contributed by atoms with van der Waals surface area (Å²) in [7, 11) is 0. The van der Waals surface area contributed by atoms with E-state index in [1.165, 1.54) is 66.8 Å². The molecule has 2 N–H and O–H groups in total. The van der Waals surface area contributed by atoms with Crippen molar-refractivity contribution in [1.29, 1.82) is 0 Å². The summed E-state index contributed by atoms with van der Waals surface area (Å²) < 4.78 is 20.0. The van der Waals surface area contributed by atoms with Gasteiger partial charge in [0, 0.05) is 76.8 Å². The topological polar surface area (TPSA) is 57.0 Å². The maximum atomic E-state index is 6.46. The van der Waals surface area contributed by atoms with E-state index >= 15 is 0 Å². The van der Waals surface area contributed by atoms with E-state index in [0.717, 1.165) is 72.8 Å². The first-order valence-corrected chi connectivity index (χ1v) is 30.5. The average molecular weight is 1200 g/mol. The van der Waals surface area contributed by atoms with E-state index in [9.17, 15) is 0 Å². The van der Waals surface area contributed by atoms with Gasteiger partial charge in [0.15, 0.2) is 0 Å². The third-order valence-electron chi connectivity index (χ3n) is 17.4. The molecule has 15 rings (SSSR count). The van der Waals surface area contributed by atoms with E-state index in [2.05, 4.69) is 281 Å². The van der Waals surface area contributed by atoms with Crippen LogP contribution in [0.3, 0.4) is 0 Å². The van der Waals surface area contributed by atoms with Gasteiger partial charge in [0.25, 0.3) is 0 Å². The van der Waals surface area contributed by atoms with Crippen LogP contribution in [0.15, 0.2) is 290 Å². The first kappa shape index (κ1) is 56.3. The molecular weight excluding hydrogens is 1130 g/mol. The number of nitrogen functional groups attached to an aromatic ring is 1. The number of halogens is 1. The molecule has 0 saturated carbocycles. The van der Waals surface area contributed by atoms with Crippen molar-refractivity contribution in [3.8, 4) is 79.0 Å². The SMILES string of the molecule is CC1(C)c2ccccc2Oc2ccc(Br)cc21.CC1(C)c2ccccc2Oc2ccc(N(c3ccc(-c4ccc(-c5ccccc5)cc4)cc3)c3ccc4c(c3)C(C)(C)c3ccccc3O4)cc21.Nc1ccc(-c2ccc(-c3ccccc3)cc2)cc1. The van der Waals surface area contributed by atoms with Crippen LogP contribution in [-0.2, 0) is 16.2 Å². The second-order valence-electron chi connectivity index (χ2n) is 24.1. The lowest BCUT2D eigenvalue weighted by molar-refractivity contribution is 0.417. The Bertz CT molecular complexity index is 4330. The van der Waals surface area contributed by atoms with Crippen molar-refractivity contribution < 1.29 is 14.2 Å². The van der Waals surface area contributed by atoms with E-state index in [0.29, 0.717) is 0 Å². The van der Waals surface area contributed by atoms with Crippen LogP contribution in [0.4, 0.5) is 22.7 Å². The second kappa shape index (κ2) is 23.2.